The van der Waals surface area contributed by atoms with Crippen LogP contribution < -0.4 is 0 Å². The van der Waals surface area contributed by atoms with Crippen molar-refractivity contribution in [1.29, 1.82) is 0 Å². The molecule has 0 aromatic rings. The number of carbonyl (C=O) groups is 1. The fourth-order valence-corrected chi connectivity index (χ4v) is 2.62. The minimum absolute atomic E-state index is 0.0882. The molecule has 0 saturated carbocycles. The van der Waals surface area contributed by atoms with E-state index in [1.807, 2.05) is 19.9 Å². The number of ether oxygens (including phenoxy) is 1. The Balaban J connectivity index is 4.19. The summed E-state index contributed by atoms with van der Waals surface area (Å²) in [5.41, 5.74) is 0. The molecule has 0 aliphatic carbocycles. The number of hydrogen-bond acceptors (Lipinski definition) is 4. The Kier molecular flexibility index (Phi) is 11.4. The van der Waals surface area contributed by atoms with Crippen LogP contribution in [0.5, 0.6) is 0 Å². The monoisotopic (exact) mass is 314 g/mol. The standard InChI is InChI=1S/C18H34O4/c1-5-7-8-10-15(3)13-16(14-19)17(20)11-9-12-18(21,6-2)22-4/h5,7,15-16,19,21H,6,8-14H2,1-4H3/b7-5-. The number of rotatable bonds is 13. The smallest absolute Gasteiger partial charge is 0.164 e. The van der Waals surface area contributed by atoms with E-state index in [2.05, 4.69) is 13.0 Å². The molecule has 0 saturated heterocycles. The van der Waals surface area contributed by atoms with Crippen LogP contribution in [-0.4, -0.2) is 35.5 Å². The highest BCUT2D eigenvalue weighted by molar-refractivity contribution is 5.81. The van der Waals surface area contributed by atoms with E-state index in [0.29, 0.717) is 31.6 Å². The van der Waals surface area contributed by atoms with E-state index in [0.717, 1.165) is 19.3 Å². The van der Waals surface area contributed by atoms with Gasteiger partial charge < -0.3 is 14.9 Å². The van der Waals surface area contributed by atoms with Gasteiger partial charge in [-0.1, -0.05) is 26.0 Å². The van der Waals surface area contributed by atoms with Crippen molar-refractivity contribution in [1.82, 2.24) is 0 Å². The summed E-state index contributed by atoms with van der Waals surface area (Å²) in [4.78, 5) is 12.2. The minimum atomic E-state index is -1.13. The molecular weight excluding hydrogens is 280 g/mol. The highest BCUT2D eigenvalue weighted by atomic mass is 16.6. The van der Waals surface area contributed by atoms with E-state index in [1.165, 1.54) is 7.11 Å². The number of allylic oxidation sites excluding steroid dienone is 2. The van der Waals surface area contributed by atoms with Crippen LogP contribution in [0.25, 0.3) is 0 Å². The van der Waals surface area contributed by atoms with Gasteiger partial charge in [-0.05, 0) is 44.9 Å². The van der Waals surface area contributed by atoms with Crippen LogP contribution >= 0.6 is 0 Å². The van der Waals surface area contributed by atoms with Crippen LogP contribution in [0.15, 0.2) is 12.2 Å². The third-order valence-electron chi connectivity index (χ3n) is 4.35. The van der Waals surface area contributed by atoms with Gasteiger partial charge in [0, 0.05) is 25.9 Å². The topological polar surface area (TPSA) is 66.8 Å². The maximum atomic E-state index is 12.2. The Morgan fingerprint density at radius 3 is 2.59 bits per heavy atom. The Morgan fingerprint density at radius 1 is 1.41 bits per heavy atom. The molecule has 0 amide bonds. The molecule has 2 N–H and O–H groups in total. The molecule has 0 aromatic carbocycles. The lowest BCUT2D eigenvalue weighted by atomic mass is 9.88. The first-order chi connectivity index (χ1) is 10.4. The summed E-state index contributed by atoms with van der Waals surface area (Å²) < 4.78 is 5.06. The lowest BCUT2D eigenvalue weighted by molar-refractivity contribution is -0.191. The third-order valence-corrected chi connectivity index (χ3v) is 4.35. The lowest BCUT2D eigenvalue weighted by Gasteiger charge is -2.25. The van der Waals surface area contributed by atoms with Gasteiger partial charge in [0.15, 0.2) is 5.79 Å². The van der Waals surface area contributed by atoms with E-state index >= 15 is 0 Å². The lowest BCUT2D eigenvalue weighted by Crippen LogP contribution is -2.30. The SMILES string of the molecule is C/C=C\CCC(C)CC(CO)C(=O)CCCC(O)(CC)OC. The molecule has 3 atom stereocenters. The molecule has 0 bridgehead atoms. The van der Waals surface area contributed by atoms with Crippen LogP contribution in [0.3, 0.4) is 0 Å². The molecule has 0 fully saturated rings. The van der Waals surface area contributed by atoms with Crippen molar-refractivity contribution in [2.24, 2.45) is 11.8 Å². The number of ketones is 1. The first-order valence-electron chi connectivity index (χ1n) is 8.44. The predicted octanol–water partition coefficient (Wildman–Crippen LogP) is 3.46. The number of hydrogen-bond donors (Lipinski definition) is 2. The van der Waals surface area contributed by atoms with Crippen molar-refractivity contribution in [2.45, 2.75) is 71.5 Å². The van der Waals surface area contributed by atoms with Gasteiger partial charge in [0.25, 0.3) is 0 Å². The Bertz CT molecular complexity index is 321. The molecule has 0 aromatic heterocycles. The number of aliphatic hydroxyl groups excluding tert-OH is 1. The highest BCUT2D eigenvalue weighted by Gasteiger charge is 2.25. The second kappa shape index (κ2) is 11.8. The summed E-state index contributed by atoms with van der Waals surface area (Å²) in [5.74, 6) is -0.897. The van der Waals surface area contributed by atoms with Crippen LogP contribution in [0.1, 0.15) is 65.7 Å². The molecular formula is C18H34O4. The minimum Gasteiger partial charge on any atom is -0.396 e. The molecule has 4 nitrogen and oxygen atoms in total. The normalized spacial score (nSPS) is 17.4. The van der Waals surface area contributed by atoms with E-state index in [1.54, 1.807) is 0 Å². The third kappa shape index (κ3) is 8.66. The predicted molar refractivity (Wildman–Crippen MR) is 89.5 cm³/mol. The summed E-state index contributed by atoms with van der Waals surface area (Å²) in [6.45, 7) is 5.89. The molecule has 0 aliphatic heterocycles. The molecule has 22 heavy (non-hydrogen) atoms. The zero-order valence-corrected chi connectivity index (χ0v) is 14.7. The zero-order valence-electron chi connectivity index (χ0n) is 14.7. The van der Waals surface area contributed by atoms with Crippen LogP contribution in [0, 0.1) is 11.8 Å². The molecule has 0 aliphatic rings. The van der Waals surface area contributed by atoms with Crippen molar-refractivity contribution in [3.8, 4) is 0 Å². The van der Waals surface area contributed by atoms with Crippen molar-refractivity contribution in [3.05, 3.63) is 12.2 Å². The quantitative estimate of drug-likeness (QED) is 0.403. The maximum absolute atomic E-state index is 12.2. The van der Waals surface area contributed by atoms with Crippen molar-refractivity contribution < 1.29 is 19.7 Å². The van der Waals surface area contributed by atoms with E-state index in [-0.39, 0.29) is 18.3 Å². The fourth-order valence-electron chi connectivity index (χ4n) is 2.62. The van der Waals surface area contributed by atoms with Gasteiger partial charge in [-0.2, -0.15) is 0 Å². The van der Waals surface area contributed by atoms with E-state index in [4.69, 9.17) is 4.74 Å². The van der Waals surface area contributed by atoms with Gasteiger partial charge in [-0.3, -0.25) is 4.79 Å². The molecule has 0 radical (unpaired) electrons. The Labute approximate surface area is 135 Å². The zero-order chi connectivity index (χ0) is 17.0. The van der Waals surface area contributed by atoms with E-state index < -0.39 is 5.79 Å². The van der Waals surface area contributed by atoms with Crippen molar-refractivity contribution >= 4 is 5.78 Å². The Hall–Kier alpha value is -0.710. The number of Topliss-reactive ketones (excluding diaryl/α,β-unsaturated/α-hetero) is 1. The summed E-state index contributed by atoms with van der Waals surface area (Å²) in [6.07, 6.45) is 8.86. The van der Waals surface area contributed by atoms with Crippen molar-refractivity contribution in [2.75, 3.05) is 13.7 Å². The number of aliphatic hydroxyl groups is 2. The first-order valence-corrected chi connectivity index (χ1v) is 8.44. The van der Waals surface area contributed by atoms with Crippen LogP contribution in [0.4, 0.5) is 0 Å². The summed E-state index contributed by atoms with van der Waals surface area (Å²) in [6, 6.07) is 0. The summed E-state index contributed by atoms with van der Waals surface area (Å²) in [7, 11) is 1.48. The van der Waals surface area contributed by atoms with Gasteiger partial charge in [-0.25, -0.2) is 0 Å². The van der Waals surface area contributed by atoms with Gasteiger partial charge in [0.05, 0.1) is 6.61 Å². The summed E-state index contributed by atoms with van der Waals surface area (Å²) in [5, 5.41) is 19.5. The maximum Gasteiger partial charge on any atom is 0.164 e. The van der Waals surface area contributed by atoms with Gasteiger partial charge in [-0.15, -0.1) is 0 Å². The second-order valence-electron chi connectivity index (χ2n) is 6.19. The molecule has 130 valence electrons. The number of carbonyl (C=O) groups excluding carboxylic acids is 1. The molecule has 0 spiro atoms. The molecule has 0 heterocycles. The molecule has 3 unspecified atom stereocenters. The van der Waals surface area contributed by atoms with Crippen LogP contribution in [-0.2, 0) is 9.53 Å². The van der Waals surface area contributed by atoms with Crippen molar-refractivity contribution in [3.63, 3.8) is 0 Å². The van der Waals surface area contributed by atoms with Crippen LogP contribution in [0.2, 0.25) is 0 Å². The molecule has 0 rings (SSSR count). The fraction of sp³-hybridized carbons (Fsp3) is 0.833. The van der Waals surface area contributed by atoms with E-state index in [9.17, 15) is 15.0 Å². The molecule has 4 heteroatoms. The average Bonchev–Trinajstić information content (AvgIpc) is 2.52. The Morgan fingerprint density at radius 2 is 2.09 bits per heavy atom. The van der Waals surface area contributed by atoms with Gasteiger partial charge in [0.2, 0.25) is 0 Å². The van der Waals surface area contributed by atoms with Gasteiger partial charge >= 0.3 is 0 Å². The average molecular weight is 314 g/mol. The second-order valence-corrected chi connectivity index (χ2v) is 6.19. The summed E-state index contributed by atoms with van der Waals surface area (Å²) >= 11 is 0. The first kappa shape index (κ1) is 21.3. The van der Waals surface area contributed by atoms with Gasteiger partial charge in [0.1, 0.15) is 5.78 Å². The largest absolute Gasteiger partial charge is 0.396 e. The highest BCUT2D eigenvalue weighted by Crippen LogP contribution is 2.22. The number of methoxy groups -OCH3 is 1.